The monoisotopic (exact) mass is 575 g/mol. The van der Waals surface area contributed by atoms with Crippen LogP contribution in [0.3, 0.4) is 0 Å². The number of nitrogens with one attached hydrogen (secondary N) is 2. The average Bonchev–Trinajstić information content (AvgIpc) is 3.49. The number of esters is 1. The van der Waals surface area contributed by atoms with Crippen LogP contribution in [-0.4, -0.2) is 53.0 Å². The smallest absolute Gasteiger partial charge is 0.328 e. The SMILES string of the molecule is COC(=O)C(Cc1c[nH]c2ccccc12)NC(=O)CON=C1C=C2CCC3C(CC[C@@]4(C)C3CC[C@]4(C)O)[C@@]2(C)CC1. The van der Waals surface area contributed by atoms with E-state index in [9.17, 15) is 14.7 Å². The Morgan fingerprint density at radius 2 is 1.88 bits per heavy atom. The molecule has 0 bridgehead atoms. The Hall–Kier alpha value is -3.13. The number of carbonyl (C=O) groups is 2. The number of fused-ring (bicyclic) bond motifs is 6. The third kappa shape index (κ3) is 4.85. The van der Waals surface area contributed by atoms with Crippen LogP contribution in [0.5, 0.6) is 0 Å². The summed E-state index contributed by atoms with van der Waals surface area (Å²) in [6.45, 7) is 6.57. The minimum atomic E-state index is -0.827. The van der Waals surface area contributed by atoms with Crippen LogP contribution in [0, 0.1) is 28.6 Å². The molecule has 3 fully saturated rings. The molecule has 8 nitrogen and oxygen atoms in total. The zero-order valence-electron chi connectivity index (χ0n) is 25.4. The topological polar surface area (TPSA) is 113 Å². The second-order valence-electron chi connectivity index (χ2n) is 13.8. The van der Waals surface area contributed by atoms with Crippen LogP contribution < -0.4 is 5.32 Å². The second-order valence-corrected chi connectivity index (χ2v) is 13.8. The van der Waals surface area contributed by atoms with Gasteiger partial charge in [0, 0.05) is 23.5 Å². The van der Waals surface area contributed by atoms with E-state index >= 15 is 0 Å². The van der Waals surface area contributed by atoms with Gasteiger partial charge in [-0.2, -0.15) is 0 Å². The maximum atomic E-state index is 12.8. The van der Waals surface area contributed by atoms with E-state index in [1.165, 1.54) is 25.5 Å². The van der Waals surface area contributed by atoms with Crippen molar-refractivity contribution in [2.75, 3.05) is 13.7 Å². The Bertz CT molecular complexity index is 1430. The third-order valence-corrected chi connectivity index (χ3v) is 11.8. The zero-order valence-corrected chi connectivity index (χ0v) is 25.4. The predicted molar refractivity (Wildman–Crippen MR) is 162 cm³/mol. The fraction of sp³-hybridized carbons (Fsp3) is 0.618. The lowest BCUT2D eigenvalue weighted by Gasteiger charge is -2.59. The van der Waals surface area contributed by atoms with Crippen molar-refractivity contribution in [3.8, 4) is 0 Å². The first-order valence-corrected chi connectivity index (χ1v) is 15.6. The molecule has 4 aliphatic carbocycles. The minimum absolute atomic E-state index is 0.0315. The number of para-hydroxylation sites is 1. The number of carbonyl (C=O) groups excluding carboxylic acids is 2. The number of methoxy groups -OCH3 is 1. The van der Waals surface area contributed by atoms with Gasteiger partial charge in [0.05, 0.1) is 18.4 Å². The molecule has 3 N–H and O–H groups in total. The summed E-state index contributed by atoms with van der Waals surface area (Å²) >= 11 is 0. The van der Waals surface area contributed by atoms with Crippen molar-refractivity contribution >= 4 is 28.5 Å². The number of aromatic nitrogens is 1. The van der Waals surface area contributed by atoms with Crippen molar-refractivity contribution < 1.29 is 24.3 Å². The molecular weight excluding hydrogens is 530 g/mol. The first kappa shape index (κ1) is 29.0. The first-order valence-electron chi connectivity index (χ1n) is 15.6. The maximum absolute atomic E-state index is 12.8. The molecule has 7 atom stereocenters. The lowest BCUT2D eigenvalue weighted by atomic mass is 9.46. The molecule has 1 heterocycles. The van der Waals surface area contributed by atoms with Gasteiger partial charge in [0.25, 0.3) is 5.91 Å². The third-order valence-electron chi connectivity index (χ3n) is 11.8. The Morgan fingerprint density at radius 1 is 1.10 bits per heavy atom. The first-order chi connectivity index (χ1) is 20.1. The minimum Gasteiger partial charge on any atom is -0.467 e. The largest absolute Gasteiger partial charge is 0.467 e. The van der Waals surface area contributed by atoms with Crippen LogP contribution in [-0.2, 0) is 25.6 Å². The van der Waals surface area contributed by atoms with Crippen molar-refractivity contribution in [1.29, 1.82) is 0 Å². The molecule has 4 aliphatic rings. The van der Waals surface area contributed by atoms with E-state index in [1.807, 2.05) is 30.5 Å². The molecule has 1 aromatic heterocycles. The Morgan fingerprint density at radius 3 is 2.69 bits per heavy atom. The summed E-state index contributed by atoms with van der Waals surface area (Å²) in [7, 11) is 1.32. The number of oxime groups is 1. The van der Waals surface area contributed by atoms with E-state index in [-0.39, 0.29) is 17.4 Å². The number of allylic oxidation sites excluding steroid dienone is 2. The Kier molecular flexibility index (Phi) is 7.49. The highest BCUT2D eigenvalue weighted by Crippen LogP contribution is 2.67. The summed E-state index contributed by atoms with van der Waals surface area (Å²) in [6, 6.07) is 7.02. The van der Waals surface area contributed by atoms with Gasteiger partial charge in [-0.1, -0.05) is 42.8 Å². The molecule has 2 aromatic rings. The number of nitrogens with zero attached hydrogens (tertiary/aromatic N) is 1. The number of aliphatic hydroxyl groups is 1. The van der Waals surface area contributed by atoms with E-state index in [0.29, 0.717) is 24.2 Å². The molecule has 226 valence electrons. The van der Waals surface area contributed by atoms with Crippen LogP contribution >= 0.6 is 0 Å². The van der Waals surface area contributed by atoms with Gasteiger partial charge in [0.15, 0.2) is 6.61 Å². The Balaban J connectivity index is 1.07. The van der Waals surface area contributed by atoms with Crippen molar-refractivity contribution in [2.24, 2.45) is 33.7 Å². The summed E-state index contributed by atoms with van der Waals surface area (Å²) in [4.78, 5) is 33.9. The van der Waals surface area contributed by atoms with Crippen molar-refractivity contribution in [3.63, 3.8) is 0 Å². The van der Waals surface area contributed by atoms with Crippen molar-refractivity contribution in [1.82, 2.24) is 10.3 Å². The van der Waals surface area contributed by atoms with E-state index < -0.39 is 23.5 Å². The molecule has 4 unspecified atom stereocenters. The molecule has 0 saturated heterocycles. The van der Waals surface area contributed by atoms with Crippen LogP contribution in [0.1, 0.15) is 77.7 Å². The Labute approximate surface area is 248 Å². The van der Waals surface area contributed by atoms with Gasteiger partial charge in [-0.05, 0) is 105 Å². The molecule has 0 radical (unpaired) electrons. The standard InChI is InChI=1S/C34H45N3O5/c1-32-14-11-23(18-22(32)9-10-25-26(32)12-15-33(2)27(25)13-16-34(33,3)40)37-42-20-30(38)36-29(31(39)41-4)17-21-19-35-28-8-6-5-7-24(21)28/h5-8,18-19,25-27,29,35,40H,9-17,20H2,1-4H3,(H,36,38)/t25?,26?,27?,29?,32-,33-,34-/m0/s1. The number of amides is 1. The van der Waals surface area contributed by atoms with Gasteiger partial charge in [0.1, 0.15) is 6.04 Å². The number of hydrogen-bond acceptors (Lipinski definition) is 6. The normalized spacial score (nSPS) is 35.5. The average molecular weight is 576 g/mol. The molecule has 1 aromatic carbocycles. The summed E-state index contributed by atoms with van der Waals surface area (Å²) in [5.41, 5.74) is 3.87. The van der Waals surface area contributed by atoms with Crippen LogP contribution in [0.25, 0.3) is 10.9 Å². The number of H-pyrrole nitrogens is 1. The number of aromatic amines is 1. The molecular formula is C34H45N3O5. The molecule has 0 spiro atoms. The fourth-order valence-corrected chi connectivity index (χ4v) is 9.15. The summed E-state index contributed by atoms with van der Waals surface area (Å²) < 4.78 is 4.96. The van der Waals surface area contributed by atoms with Gasteiger partial charge in [-0.25, -0.2) is 4.79 Å². The van der Waals surface area contributed by atoms with Crippen LogP contribution in [0.15, 0.2) is 47.3 Å². The highest BCUT2D eigenvalue weighted by molar-refractivity contribution is 5.96. The fourth-order valence-electron chi connectivity index (χ4n) is 9.15. The van der Waals surface area contributed by atoms with Crippen molar-refractivity contribution in [2.45, 2.75) is 90.2 Å². The molecule has 0 aliphatic heterocycles. The van der Waals surface area contributed by atoms with Gasteiger partial charge in [0.2, 0.25) is 0 Å². The second kappa shape index (κ2) is 10.9. The summed E-state index contributed by atoms with van der Waals surface area (Å²) in [6.07, 6.45) is 12.8. The van der Waals surface area contributed by atoms with E-state index in [1.54, 1.807) is 0 Å². The van der Waals surface area contributed by atoms with Gasteiger partial charge in [-0.3, -0.25) is 4.79 Å². The van der Waals surface area contributed by atoms with Gasteiger partial charge >= 0.3 is 5.97 Å². The van der Waals surface area contributed by atoms with Crippen LogP contribution in [0.4, 0.5) is 0 Å². The van der Waals surface area contributed by atoms with E-state index in [0.717, 1.165) is 60.7 Å². The summed E-state index contributed by atoms with van der Waals surface area (Å²) in [5, 5.41) is 19.3. The zero-order chi connectivity index (χ0) is 29.7. The number of rotatable bonds is 7. The van der Waals surface area contributed by atoms with Crippen molar-refractivity contribution in [3.05, 3.63) is 47.7 Å². The molecule has 1 amide bonds. The lowest BCUT2D eigenvalue weighted by molar-refractivity contribution is -0.145. The maximum Gasteiger partial charge on any atom is 0.328 e. The summed E-state index contributed by atoms with van der Waals surface area (Å²) in [5.74, 6) is 0.999. The van der Waals surface area contributed by atoms with Gasteiger partial charge in [-0.15, -0.1) is 0 Å². The van der Waals surface area contributed by atoms with E-state index in [4.69, 9.17) is 9.57 Å². The number of benzene rings is 1. The van der Waals surface area contributed by atoms with E-state index in [2.05, 4.69) is 42.3 Å². The quantitative estimate of drug-likeness (QED) is 0.300. The molecule has 3 saturated carbocycles. The highest BCUT2D eigenvalue weighted by atomic mass is 16.6. The number of ether oxygens (including phenoxy) is 1. The highest BCUT2D eigenvalue weighted by Gasteiger charge is 2.62. The predicted octanol–water partition coefficient (Wildman–Crippen LogP) is 5.45. The molecule has 8 heteroatoms. The number of hydrogen-bond donors (Lipinski definition) is 3. The molecule has 6 rings (SSSR count). The lowest BCUT2D eigenvalue weighted by Crippen LogP contribution is -2.53. The molecule has 42 heavy (non-hydrogen) atoms. The van der Waals surface area contributed by atoms with Gasteiger partial charge < -0.3 is 25.0 Å². The van der Waals surface area contributed by atoms with Crippen LogP contribution in [0.2, 0.25) is 0 Å².